The fourth-order valence-corrected chi connectivity index (χ4v) is 2.50. The van der Waals surface area contributed by atoms with Crippen LogP contribution in [0.2, 0.25) is 0 Å². The molecule has 0 amide bonds. The number of benzene rings is 1. The molecule has 19 heavy (non-hydrogen) atoms. The lowest BCUT2D eigenvalue weighted by molar-refractivity contribution is -0.145. The number of carboxylic acid groups (broad SMARTS) is 1. The van der Waals surface area contributed by atoms with E-state index in [1.807, 2.05) is 35.2 Å². The van der Waals surface area contributed by atoms with Crippen LogP contribution in [0.5, 0.6) is 0 Å². The van der Waals surface area contributed by atoms with Crippen LogP contribution in [0.3, 0.4) is 0 Å². The van der Waals surface area contributed by atoms with Crippen LogP contribution in [-0.4, -0.2) is 40.9 Å². The topological polar surface area (TPSA) is 57.6 Å². The Kier molecular flexibility index (Phi) is 4.68. The second-order valence-corrected chi connectivity index (χ2v) is 4.95. The van der Waals surface area contributed by atoms with Gasteiger partial charge in [0, 0.05) is 25.9 Å². The van der Waals surface area contributed by atoms with Crippen molar-refractivity contribution >= 4 is 11.8 Å². The van der Waals surface area contributed by atoms with Crippen molar-refractivity contribution in [3.05, 3.63) is 35.9 Å². The number of likely N-dealkylation sites (tertiary alicyclic amines) is 1. The predicted molar refractivity (Wildman–Crippen MR) is 72.0 cm³/mol. The zero-order chi connectivity index (χ0) is 13.7. The minimum Gasteiger partial charge on any atom is -0.480 e. The second-order valence-electron chi connectivity index (χ2n) is 4.95. The van der Waals surface area contributed by atoms with E-state index >= 15 is 0 Å². The smallest absolute Gasteiger partial charge is 0.320 e. The van der Waals surface area contributed by atoms with E-state index in [0.717, 1.165) is 12.0 Å². The van der Waals surface area contributed by atoms with Gasteiger partial charge in [0.15, 0.2) is 0 Å². The first-order valence-corrected chi connectivity index (χ1v) is 6.69. The third-order valence-electron chi connectivity index (χ3n) is 3.63. The van der Waals surface area contributed by atoms with Crippen LogP contribution in [-0.2, 0) is 16.0 Å². The van der Waals surface area contributed by atoms with E-state index in [1.54, 1.807) is 0 Å². The first-order valence-electron chi connectivity index (χ1n) is 6.69. The Morgan fingerprint density at radius 1 is 1.21 bits per heavy atom. The number of carboxylic acids is 1. The Morgan fingerprint density at radius 3 is 2.42 bits per heavy atom. The van der Waals surface area contributed by atoms with Gasteiger partial charge in [0.1, 0.15) is 11.8 Å². The molecule has 102 valence electrons. The molecule has 2 rings (SSSR count). The van der Waals surface area contributed by atoms with Gasteiger partial charge in [0.2, 0.25) is 0 Å². The van der Waals surface area contributed by atoms with Gasteiger partial charge in [0.05, 0.1) is 0 Å². The highest BCUT2D eigenvalue weighted by Crippen LogP contribution is 2.15. The molecule has 1 aliphatic rings. The maximum absolute atomic E-state index is 11.4. The molecule has 0 aliphatic carbocycles. The molecule has 4 heteroatoms. The first-order chi connectivity index (χ1) is 9.16. The van der Waals surface area contributed by atoms with Crippen LogP contribution in [0.4, 0.5) is 0 Å². The van der Waals surface area contributed by atoms with Gasteiger partial charge in [-0.1, -0.05) is 30.3 Å². The van der Waals surface area contributed by atoms with Crippen LogP contribution in [0, 0.1) is 0 Å². The van der Waals surface area contributed by atoms with Crippen molar-refractivity contribution in [2.75, 3.05) is 13.1 Å². The van der Waals surface area contributed by atoms with Gasteiger partial charge in [-0.3, -0.25) is 14.5 Å². The summed E-state index contributed by atoms with van der Waals surface area (Å²) in [5.41, 5.74) is 1.15. The highest BCUT2D eigenvalue weighted by Gasteiger charge is 2.28. The van der Waals surface area contributed by atoms with Crippen molar-refractivity contribution in [1.29, 1.82) is 0 Å². The summed E-state index contributed by atoms with van der Waals surface area (Å²) in [5.74, 6) is -0.547. The van der Waals surface area contributed by atoms with Crippen molar-refractivity contribution < 1.29 is 14.7 Å². The van der Waals surface area contributed by atoms with Crippen LogP contribution >= 0.6 is 0 Å². The molecule has 1 aromatic rings. The lowest BCUT2D eigenvalue weighted by atomic mass is 10.0. The number of hydrogen-bond donors (Lipinski definition) is 1. The van der Waals surface area contributed by atoms with E-state index in [1.165, 1.54) is 0 Å². The van der Waals surface area contributed by atoms with Gasteiger partial charge in [0.25, 0.3) is 0 Å². The predicted octanol–water partition coefficient (Wildman–Crippen LogP) is 1.74. The zero-order valence-corrected chi connectivity index (χ0v) is 10.9. The van der Waals surface area contributed by atoms with E-state index in [0.29, 0.717) is 32.4 Å². The highest BCUT2D eigenvalue weighted by atomic mass is 16.4. The summed E-state index contributed by atoms with van der Waals surface area (Å²) < 4.78 is 0. The molecule has 1 heterocycles. The van der Waals surface area contributed by atoms with Gasteiger partial charge in [-0.05, 0) is 18.4 Å². The molecule has 1 fully saturated rings. The van der Waals surface area contributed by atoms with E-state index in [4.69, 9.17) is 0 Å². The number of ketones is 1. The molecule has 1 saturated heterocycles. The fourth-order valence-electron chi connectivity index (χ4n) is 2.50. The van der Waals surface area contributed by atoms with Crippen LogP contribution in [0.15, 0.2) is 30.3 Å². The van der Waals surface area contributed by atoms with Crippen molar-refractivity contribution in [2.24, 2.45) is 0 Å². The minimum atomic E-state index is -0.787. The maximum Gasteiger partial charge on any atom is 0.320 e. The molecule has 0 bridgehead atoms. The largest absolute Gasteiger partial charge is 0.480 e. The van der Waals surface area contributed by atoms with Crippen molar-refractivity contribution in [2.45, 2.75) is 31.7 Å². The normalized spacial score (nSPS) is 18.2. The molecule has 1 atom stereocenters. The number of carbonyl (C=O) groups excluding carboxylic acids is 1. The Morgan fingerprint density at radius 2 is 1.84 bits per heavy atom. The Bertz CT molecular complexity index is 434. The van der Waals surface area contributed by atoms with E-state index in [2.05, 4.69) is 0 Å². The summed E-state index contributed by atoms with van der Waals surface area (Å²) in [6.07, 6.45) is 2.31. The van der Waals surface area contributed by atoms with Gasteiger partial charge >= 0.3 is 5.97 Å². The average Bonchev–Trinajstić information content (AvgIpc) is 2.42. The van der Waals surface area contributed by atoms with Gasteiger partial charge in [-0.25, -0.2) is 0 Å². The standard InChI is InChI=1S/C15H19NO3/c17-13-8-10-16(11-9-13)14(15(18)19)7-6-12-4-2-1-3-5-12/h1-5,14H,6-11H2,(H,18,19). The van der Waals surface area contributed by atoms with Crippen LogP contribution < -0.4 is 0 Å². The van der Waals surface area contributed by atoms with Crippen molar-refractivity contribution in [1.82, 2.24) is 4.90 Å². The molecule has 0 radical (unpaired) electrons. The Labute approximate surface area is 113 Å². The third kappa shape index (κ3) is 3.89. The molecule has 1 aliphatic heterocycles. The van der Waals surface area contributed by atoms with Crippen LogP contribution in [0.25, 0.3) is 0 Å². The van der Waals surface area contributed by atoms with Gasteiger partial charge in [-0.15, -0.1) is 0 Å². The van der Waals surface area contributed by atoms with E-state index in [-0.39, 0.29) is 5.78 Å². The molecule has 0 aromatic heterocycles. The minimum absolute atomic E-state index is 0.239. The van der Waals surface area contributed by atoms with Crippen molar-refractivity contribution in [3.8, 4) is 0 Å². The SMILES string of the molecule is O=C1CCN(C(CCc2ccccc2)C(=O)O)CC1. The summed E-state index contributed by atoms with van der Waals surface area (Å²) in [4.78, 5) is 24.5. The van der Waals surface area contributed by atoms with Gasteiger partial charge in [-0.2, -0.15) is 0 Å². The molecule has 1 unspecified atom stereocenters. The van der Waals surface area contributed by atoms with Crippen LogP contribution in [0.1, 0.15) is 24.8 Å². The number of hydrogen-bond acceptors (Lipinski definition) is 3. The number of aliphatic carboxylic acids is 1. The number of rotatable bonds is 5. The summed E-state index contributed by atoms with van der Waals surface area (Å²) >= 11 is 0. The van der Waals surface area contributed by atoms with E-state index in [9.17, 15) is 14.7 Å². The Balaban J connectivity index is 1.93. The molecule has 4 nitrogen and oxygen atoms in total. The highest BCUT2D eigenvalue weighted by molar-refractivity contribution is 5.80. The number of nitrogens with zero attached hydrogens (tertiary/aromatic N) is 1. The number of carbonyl (C=O) groups is 2. The molecule has 1 N–H and O–H groups in total. The van der Waals surface area contributed by atoms with Gasteiger partial charge < -0.3 is 5.11 Å². The summed E-state index contributed by atoms with van der Waals surface area (Å²) in [6, 6.07) is 9.43. The lowest BCUT2D eigenvalue weighted by Crippen LogP contribution is -2.46. The Hall–Kier alpha value is -1.68. The lowest BCUT2D eigenvalue weighted by Gasteiger charge is -2.31. The molecular weight excluding hydrogens is 242 g/mol. The number of Topliss-reactive ketones (excluding diaryl/α,β-unsaturated/α-hetero) is 1. The third-order valence-corrected chi connectivity index (χ3v) is 3.63. The summed E-state index contributed by atoms with van der Waals surface area (Å²) in [5, 5.41) is 9.34. The first kappa shape index (κ1) is 13.7. The number of aryl methyl sites for hydroxylation is 1. The molecule has 0 spiro atoms. The van der Waals surface area contributed by atoms with Crippen molar-refractivity contribution in [3.63, 3.8) is 0 Å². The number of piperidine rings is 1. The second kappa shape index (κ2) is 6.48. The molecule has 1 aromatic carbocycles. The fraction of sp³-hybridized carbons (Fsp3) is 0.467. The summed E-state index contributed by atoms with van der Waals surface area (Å²) in [6.45, 7) is 1.15. The molecule has 0 saturated carbocycles. The van der Waals surface area contributed by atoms with E-state index < -0.39 is 12.0 Å². The molecular formula is C15H19NO3. The quantitative estimate of drug-likeness (QED) is 0.877. The maximum atomic E-state index is 11.4. The average molecular weight is 261 g/mol. The summed E-state index contributed by atoms with van der Waals surface area (Å²) in [7, 11) is 0. The zero-order valence-electron chi connectivity index (χ0n) is 10.9. The monoisotopic (exact) mass is 261 g/mol.